The number of ether oxygens (including phenoxy) is 1. The molecule has 0 saturated heterocycles. The first-order chi connectivity index (χ1) is 18.5. The van der Waals surface area contributed by atoms with Crippen molar-refractivity contribution in [1.29, 1.82) is 0 Å². The molecular weight excluding hydrogens is 474 g/mol. The summed E-state index contributed by atoms with van der Waals surface area (Å²) in [6.07, 6.45) is 0.766. The SMILES string of the molecule is CCCN(C(=O)c1cccc2ccccc12)C(C)c1nc2ccccc2c(=O)n1-c1ccc(OCC)cc1. The minimum atomic E-state index is -0.467. The highest BCUT2D eigenvalue weighted by Gasteiger charge is 2.28. The molecule has 5 rings (SSSR count). The van der Waals surface area contributed by atoms with Gasteiger partial charge in [0.25, 0.3) is 11.5 Å². The standard InChI is InChI=1S/C32H31N3O3/c1-4-21-34(31(36)27-15-10-12-23-11-6-7-13-26(23)27)22(3)30-33-29-16-9-8-14-28(29)32(37)35(30)24-17-19-25(20-18-24)38-5-2/h6-20,22H,4-5,21H2,1-3H3. The predicted octanol–water partition coefficient (Wildman–Crippen LogP) is 6.55. The van der Waals surface area contributed by atoms with Gasteiger partial charge in [-0.1, -0.05) is 55.5 Å². The number of nitrogens with zero attached hydrogens (tertiary/aromatic N) is 3. The van der Waals surface area contributed by atoms with Gasteiger partial charge in [0.1, 0.15) is 11.6 Å². The number of carbonyl (C=O) groups is 1. The molecule has 0 saturated carbocycles. The van der Waals surface area contributed by atoms with E-state index in [4.69, 9.17) is 9.72 Å². The Balaban J connectivity index is 1.67. The van der Waals surface area contributed by atoms with Crippen molar-refractivity contribution in [2.45, 2.75) is 33.2 Å². The van der Waals surface area contributed by atoms with Gasteiger partial charge in [-0.05, 0) is 73.5 Å². The fraction of sp³-hybridized carbons (Fsp3) is 0.219. The Morgan fingerprint density at radius 2 is 1.58 bits per heavy atom. The van der Waals surface area contributed by atoms with E-state index in [0.717, 1.165) is 22.9 Å². The molecule has 0 N–H and O–H groups in total. The van der Waals surface area contributed by atoms with Gasteiger partial charge >= 0.3 is 0 Å². The van der Waals surface area contributed by atoms with Crippen LogP contribution in [0.1, 0.15) is 49.4 Å². The van der Waals surface area contributed by atoms with Crippen molar-refractivity contribution in [3.8, 4) is 11.4 Å². The number of benzene rings is 4. The second-order valence-electron chi connectivity index (χ2n) is 9.26. The Kier molecular flexibility index (Phi) is 7.22. The van der Waals surface area contributed by atoms with Crippen molar-refractivity contribution >= 4 is 27.6 Å². The first-order valence-electron chi connectivity index (χ1n) is 13.1. The molecule has 1 aromatic heterocycles. The molecule has 6 heteroatoms. The highest BCUT2D eigenvalue weighted by atomic mass is 16.5. The summed E-state index contributed by atoms with van der Waals surface area (Å²) in [4.78, 5) is 34.7. The van der Waals surface area contributed by atoms with E-state index >= 15 is 0 Å². The monoisotopic (exact) mass is 505 g/mol. The van der Waals surface area contributed by atoms with Crippen molar-refractivity contribution in [2.75, 3.05) is 13.2 Å². The molecule has 0 aliphatic carbocycles. The highest BCUT2D eigenvalue weighted by molar-refractivity contribution is 6.07. The first-order valence-corrected chi connectivity index (χ1v) is 13.1. The summed E-state index contributed by atoms with van der Waals surface area (Å²) in [7, 11) is 0. The Morgan fingerprint density at radius 3 is 2.32 bits per heavy atom. The third-order valence-corrected chi connectivity index (χ3v) is 6.79. The quantitative estimate of drug-likeness (QED) is 0.240. The van der Waals surface area contributed by atoms with Crippen LogP contribution in [0.3, 0.4) is 0 Å². The summed E-state index contributed by atoms with van der Waals surface area (Å²) in [5.41, 5.74) is 1.75. The van der Waals surface area contributed by atoms with E-state index < -0.39 is 6.04 Å². The number of para-hydroxylation sites is 1. The Bertz CT molecular complexity index is 1650. The zero-order valence-corrected chi connectivity index (χ0v) is 21.9. The third-order valence-electron chi connectivity index (χ3n) is 6.79. The van der Waals surface area contributed by atoms with Crippen LogP contribution in [0.5, 0.6) is 5.75 Å². The summed E-state index contributed by atoms with van der Waals surface area (Å²) in [5.74, 6) is 1.16. The Morgan fingerprint density at radius 1 is 0.895 bits per heavy atom. The van der Waals surface area contributed by atoms with Crippen molar-refractivity contribution in [1.82, 2.24) is 14.5 Å². The lowest BCUT2D eigenvalue weighted by Gasteiger charge is -2.31. The van der Waals surface area contributed by atoms with Gasteiger partial charge in [-0.2, -0.15) is 0 Å². The molecule has 1 unspecified atom stereocenters. The number of carbonyl (C=O) groups excluding carboxylic acids is 1. The molecule has 0 bridgehead atoms. The molecule has 38 heavy (non-hydrogen) atoms. The third kappa shape index (κ3) is 4.65. The Hall–Kier alpha value is -4.45. The average Bonchev–Trinajstić information content (AvgIpc) is 2.95. The number of amides is 1. The lowest BCUT2D eigenvalue weighted by molar-refractivity contribution is 0.0683. The molecule has 5 aromatic rings. The fourth-order valence-corrected chi connectivity index (χ4v) is 4.96. The largest absolute Gasteiger partial charge is 0.494 e. The summed E-state index contributed by atoms with van der Waals surface area (Å²) < 4.78 is 7.23. The normalized spacial score (nSPS) is 12.0. The maximum absolute atomic E-state index is 14.1. The van der Waals surface area contributed by atoms with Crippen LogP contribution in [0, 0.1) is 0 Å². The van der Waals surface area contributed by atoms with Crippen LogP contribution in [0.2, 0.25) is 0 Å². The minimum Gasteiger partial charge on any atom is -0.494 e. The highest BCUT2D eigenvalue weighted by Crippen LogP contribution is 2.28. The van der Waals surface area contributed by atoms with Gasteiger partial charge in [0.2, 0.25) is 0 Å². The fourth-order valence-electron chi connectivity index (χ4n) is 4.96. The molecule has 0 spiro atoms. The van der Waals surface area contributed by atoms with E-state index in [-0.39, 0.29) is 11.5 Å². The molecule has 0 radical (unpaired) electrons. The lowest BCUT2D eigenvalue weighted by atomic mass is 10.0. The van der Waals surface area contributed by atoms with Crippen LogP contribution >= 0.6 is 0 Å². The first kappa shape index (κ1) is 25.2. The van der Waals surface area contributed by atoms with Gasteiger partial charge in [-0.15, -0.1) is 0 Å². The van der Waals surface area contributed by atoms with E-state index in [9.17, 15) is 9.59 Å². The van der Waals surface area contributed by atoms with Crippen molar-refractivity contribution < 1.29 is 9.53 Å². The van der Waals surface area contributed by atoms with Gasteiger partial charge in [0.05, 0.1) is 29.2 Å². The average molecular weight is 506 g/mol. The van der Waals surface area contributed by atoms with Gasteiger partial charge in [0, 0.05) is 12.1 Å². The van der Waals surface area contributed by atoms with E-state index in [1.807, 2.05) is 111 Å². The summed E-state index contributed by atoms with van der Waals surface area (Å²) in [6, 6.07) is 28.0. The van der Waals surface area contributed by atoms with Crippen LogP contribution in [0.4, 0.5) is 0 Å². The molecule has 1 amide bonds. The van der Waals surface area contributed by atoms with E-state index in [0.29, 0.717) is 41.1 Å². The molecule has 4 aromatic carbocycles. The number of rotatable bonds is 8. The van der Waals surface area contributed by atoms with E-state index in [1.54, 1.807) is 10.6 Å². The molecule has 1 heterocycles. The maximum atomic E-state index is 14.1. The number of fused-ring (bicyclic) bond motifs is 2. The maximum Gasteiger partial charge on any atom is 0.266 e. The second kappa shape index (κ2) is 10.9. The number of hydrogen-bond donors (Lipinski definition) is 0. The van der Waals surface area contributed by atoms with Crippen molar-refractivity contribution in [3.05, 3.63) is 113 Å². The van der Waals surface area contributed by atoms with E-state index in [2.05, 4.69) is 0 Å². The number of aromatic nitrogens is 2. The van der Waals surface area contributed by atoms with Crippen LogP contribution < -0.4 is 10.3 Å². The predicted molar refractivity (Wildman–Crippen MR) is 152 cm³/mol. The summed E-state index contributed by atoms with van der Waals surface area (Å²) >= 11 is 0. The molecule has 0 fully saturated rings. The van der Waals surface area contributed by atoms with Crippen molar-refractivity contribution in [2.24, 2.45) is 0 Å². The van der Waals surface area contributed by atoms with E-state index in [1.165, 1.54) is 0 Å². The smallest absolute Gasteiger partial charge is 0.266 e. The van der Waals surface area contributed by atoms with Crippen LogP contribution in [-0.2, 0) is 0 Å². The van der Waals surface area contributed by atoms with Crippen LogP contribution in [0.25, 0.3) is 27.4 Å². The molecular formula is C32H31N3O3. The van der Waals surface area contributed by atoms with Crippen LogP contribution in [0.15, 0.2) is 95.8 Å². The summed E-state index contributed by atoms with van der Waals surface area (Å²) in [5, 5.41) is 2.45. The van der Waals surface area contributed by atoms with Crippen molar-refractivity contribution in [3.63, 3.8) is 0 Å². The van der Waals surface area contributed by atoms with Gasteiger partial charge in [0.15, 0.2) is 0 Å². The summed E-state index contributed by atoms with van der Waals surface area (Å²) in [6.45, 7) is 7.00. The van der Waals surface area contributed by atoms with Gasteiger partial charge < -0.3 is 9.64 Å². The lowest BCUT2D eigenvalue weighted by Crippen LogP contribution is -2.38. The molecule has 1 atom stereocenters. The van der Waals surface area contributed by atoms with Gasteiger partial charge in [-0.3, -0.25) is 14.2 Å². The molecule has 6 nitrogen and oxygen atoms in total. The molecule has 0 aliphatic heterocycles. The zero-order chi connectivity index (χ0) is 26.6. The minimum absolute atomic E-state index is 0.0863. The van der Waals surface area contributed by atoms with Gasteiger partial charge in [-0.25, -0.2) is 4.98 Å². The van der Waals surface area contributed by atoms with Crippen LogP contribution in [-0.4, -0.2) is 33.5 Å². The molecule has 192 valence electrons. The second-order valence-corrected chi connectivity index (χ2v) is 9.26. The molecule has 0 aliphatic rings. The topological polar surface area (TPSA) is 64.4 Å². The number of hydrogen-bond acceptors (Lipinski definition) is 4. The Labute approximate surface area is 222 Å². The zero-order valence-electron chi connectivity index (χ0n) is 21.9.